The summed E-state index contributed by atoms with van der Waals surface area (Å²) in [4.78, 5) is 0. The molecule has 0 saturated carbocycles. The van der Waals surface area contributed by atoms with Gasteiger partial charge in [-0.2, -0.15) is 26.3 Å². The molecule has 0 fully saturated rings. The number of hydrogen-bond donors (Lipinski definition) is 0. The molecule has 0 heterocycles. The average molecular weight is 468 g/mol. The van der Waals surface area contributed by atoms with Gasteiger partial charge in [-0.1, -0.05) is 42.9 Å². The second-order valence-electron chi connectivity index (χ2n) is 7.54. The molecule has 0 nitrogen and oxygen atoms in total. The van der Waals surface area contributed by atoms with Gasteiger partial charge in [0.25, 0.3) is 0 Å². The molecule has 0 amide bonds. The zero-order valence-corrected chi connectivity index (χ0v) is 17.9. The molecule has 0 aliphatic heterocycles. The predicted octanol–water partition coefficient (Wildman–Crippen LogP) is 7.67. The molecular weight excluding hydrogens is 450 g/mol. The minimum absolute atomic E-state index is 0.242. The van der Waals surface area contributed by atoms with E-state index in [9.17, 15) is 26.3 Å². The molecule has 0 N–H and O–H groups in total. The summed E-state index contributed by atoms with van der Waals surface area (Å²) >= 11 is 0. The third-order valence-electron chi connectivity index (χ3n) is 4.93. The van der Waals surface area contributed by atoms with Crippen LogP contribution in [-0.2, 0) is 12.6 Å². The van der Waals surface area contributed by atoms with E-state index in [1.54, 1.807) is 0 Å². The van der Waals surface area contributed by atoms with E-state index in [1.807, 2.05) is 24.3 Å². The van der Waals surface area contributed by atoms with Crippen LogP contribution in [0, 0.1) is 23.7 Å². The third kappa shape index (κ3) is 6.80. The first-order valence-corrected chi connectivity index (χ1v) is 10.1. The number of rotatable bonds is 2. The molecule has 0 radical (unpaired) electrons. The van der Waals surface area contributed by atoms with Crippen molar-refractivity contribution in [2.45, 2.75) is 25.2 Å². The molecule has 1 aliphatic rings. The van der Waals surface area contributed by atoms with Crippen molar-refractivity contribution in [1.29, 1.82) is 0 Å². The maximum Gasteiger partial charge on any atom is 0.416 e. The standard InChI is InChI=1S/C28H18F6/c1-19(3-5-20(2)27(29,30)31)4-6-22-9-13-25-18-23(10-14-24(25)17-22)8-7-21-11-15-26(16-12-21)28(32,33)34/h3,5,10-12,14-18H,1-2,9,13H2/b5-3-. The summed E-state index contributed by atoms with van der Waals surface area (Å²) in [5.74, 6) is 11.5. The lowest BCUT2D eigenvalue weighted by molar-refractivity contribution is -0.137. The van der Waals surface area contributed by atoms with Crippen LogP contribution in [0.4, 0.5) is 26.3 Å². The van der Waals surface area contributed by atoms with E-state index in [0.29, 0.717) is 18.4 Å². The number of hydrogen-bond acceptors (Lipinski definition) is 0. The molecule has 0 aromatic heterocycles. The minimum Gasteiger partial charge on any atom is -0.166 e. The Balaban J connectivity index is 1.69. The van der Waals surface area contributed by atoms with Gasteiger partial charge in [0.15, 0.2) is 0 Å². The number of halogens is 6. The Morgan fingerprint density at radius 1 is 0.794 bits per heavy atom. The first-order chi connectivity index (χ1) is 15.9. The highest BCUT2D eigenvalue weighted by atomic mass is 19.4. The zero-order valence-electron chi connectivity index (χ0n) is 17.9. The van der Waals surface area contributed by atoms with Gasteiger partial charge in [-0.3, -0.25) is 0 Å². The number of fused-ring (bicyclic) bond motifs is 1. The lowest BCUT2D eigenvalue weighted by Gasteiger charge is -2.13. The molecule has 0 saturated heterocycles. The first-order valence-electron chi connectivity index (χ1n) is 10.1. The Bertz CT molecular complexity index is 1290. The minimum atomic E-state index is -4.49. The molecule has 172 valence electrons. The number of alkyl halides is 6. The van der Waals surface area contributed by atoms with Crippen molar-refractivity contribution in [3.63, 3.8) is 0 Å². The van der Waals surface area contributed by atoms with Crippen LogP contribution >= 0.6 is 0 Å². The van der Waals surface area contributed by atoms with Crippen molar-refractivity contribution in [2.75, 3.05) is 0 Å². The predicted molar refractivity (Wildman–Crippen MR) is 121 cm³/mol. The Morgan fingerprint density at radius 3 is 2.09 bits per heavy atom. The average Bonchev–Trinajstić information content (AvgIpc) is 2.78. The molecule has 2 aromatic carbocycles. The van der Waals surface area contributed by atoms with Crippen molar-refractivity contribution in [3.05, 3.63) is 112 Å². The van der Waals surface area contributed by atoms with Crippen LogP contribution < -0.4 is 0 Å². The van der Waals surface area contributed by atoms with Crippen LogP contribution in [0.3, 0.4) is 0 Å². The summed E-state index contributed by atoms with van der Waals surface area (Å²) < 4.78 is 75.3. The molecule has 34 heavy (non-hydrogen) atoms. The Labute approximate surface area is 194 Å². The maximum absolute atomic E-state index is 12.7. The summed E-state index contributed by atoms with van der Waals surface area (Å²) in [5.41, 5.74) is 2.63. The van der Waals surface area contributed by atoms with Crippen LogP contribution in [0.5, 0.6) is 0 Å². The van der Waals surface area contributed by atoms with Gasteiger partial charge in [0, 0.05) is 27.8 Å². The van der Waals surface area contributed by atoms with Crippen LogP contribution in [-0.4, -0.2) is 6.18 Å². The molecule has 0 spiro atoms. The second kappa shape index (κ2) is 9.93. The van der Waals surface area contributed by atoms with E-state index in [-0.39, 0.29) is 5.57 Å². The van der Waals surface area contributed by atoms with Crippen molar-refractivity contribution in [3.8, 4) is 23.7 Å². The van der Waals surface area contributed by atoms with Crippen molar-refractivity contribution in [1.82, 2.24) is 0 Å². The highest BCUT2D eigenvalue weighted by Gasteiger charge is 2.30. The quantitative estimate of drug-likeness (QED) is 0.241. The van der Waals surface area contributed by atoms with Gasteiger partial charge in [0.05, 0.1) is 5.56 Å². The fourth-order valence-electron chi connectivity index (χ4n) is 3.05. The molecule has 0 atom stereocenters. The van der Waals surface area contributed by atoms with Gasteiger partial charge in [-0.25, -0.2) is 0 Å². The van der Waals surface area contributed by atoms with Crippen LogP contribution in [0.15, 0.2) is 84.5 Å². The Morgan fingerprint density at radius 2 is 1.44 bits per heavy atom. The summed E-state index contributed by atoms with van der Waals surface area (Å²) in [7, 11) is 0. The SMILES string of the molecule is C=C(C#CC1=Cc2ccc(C#Cc3ccc(C(F)(F)F)cc3)cc2CC1)/C=C\C(=C)C(F)(F)F. The summed E-state index contributed by atoms with van der Waals surface area (Å²) in [6.07, 6.45) is -3.57. The molecule has 6 heteroatoms. The summed E-state index contributed by atoms with van der Waals surface area (Å²) in [5, 5.41) is 0. The van der Waals surface area contributed by atoms with Crippen molar-refractivity contribution < 1.29 is 26.3 Å². The monoisotopic (exact) mass is 468 g/mol. The van der Waals surface area contributed by atoms with Crippen LogP contribution in [0.2, 0.25) is 0 Å². The first kappa shape index (κ1) is 24.7. The Kier molecular flexibility index (Phi) is 7.23. The fourth-order valence-corrected chi connectivity index (χ4v) is 3.05. The lowest BCUT2D eigenvalue weighted by atomic mass is 9.91. The van der Waals surface area contributed by atoms with Gasteiger partial charge in [-0.15, -0.1) is 0 Å². The van der Waals surface area contributed by atoms with Crippen molar-refractivity contribution in [2.24, 2.45) is 0 Å². The second-order valence-corrected chi connectivity index (χ2v) is 7.54. The van der Waals surface area contributed by atoms with E-state index in [1.165, 1.54) is 18.2 Å². The summed E-state index contributed by atoms with van der Waals surface area (Å²) in [6.45, 7) is 6.60. The maximum atomic E-state index is 12.7. The van der Waals surface area contributed by atoms with Gasteiger partial charge in [0.1, 0.15) is 0 Å². The van der Waals surface area contributed by atoms with Crippen LogP contribution in [0.1, 0.15) is 34.2 Å². The highest BCUT2D eigenvalue weighted by molar-refractivity contribution is 5.66. The van der Waals surface area contributed by atoms with Gasteiger partial charge >= 0.3 is 12.4 Å². The van der Waals surface area contributed by atoms with E-state index < -0.39 is 23.5 Å². The third-order valence-corrected chi connectivity index (χ3v) is 4.93. The summed E-state index contributed by atoms with van der Waals surface area (Å²) in [6, 6.07) is 10.3. The zero-order chi connectivity index (χ0) is 24.9. The van der Waals surface area contributed by atoms with E-state index in [4.69, 9.17) is 0 Å². The lowest BCUT2D eigenvalue weighted by Crippen LogP contribution is -2.08. The molecule has 2 aromatic rings. The largest absolute Gasteiger partial charge is 0.416 e. The van der Waals surface area contributed by atoms with Gasteiger partial charge in [0.2, 0.25) is 0 Å². The van der Waals surface area contributed by atoms with E-state index >= 15 is 0 Å². The normalized spacial score (nSPS) is 13.2. The van der Waals surface area contributed by atoms with Gasteiger partial charge in [-0.05, 0) is 78.6 Å². The highest BCUT2D eigenvalue weighted by Crippen LogP contribution is 2.29. The van der Waals surface area contributed by atoms with E-state index in [2.05, 4.69) is 36.8 Å². The molecule has 0 unspecified atom stereocenters. The topological polar surface area (TPSA) is 0 Å². The number of aryl methyl sites for hydroxylation is 1. The van der Waals surface area contributed by atoms with Crippen LogP contribution in [0.25, 0.3) is 6.08 Å². The van der Waals surface area contributed by atoms with E-state index in [0.717, 1.165) is 40.5 Å². The smallest absolute Gasteiger partial charge is 0.166 e. The Hall–Kier alpha value is -3.90. The molecular formula is C28H18F6. The molecule has 0 bridgehead atoms. The molecule has 3 rings (SSSR count). The van der Waals surface area contributed by atoms with Gasteiger partial charge < -0.3 is 0 Å². The fraction of sp³-hybridized carbons (Fsp3) is 0.143. The molecule has 1 aliphatic carbocycles. The van der Waals surface area contributed by atoms with Crippen molar-refractivity contribution >= 4 is 6.08 Å². The number of benzene rings is 2. The number of allylic oxidation sites excluding steroid dienone is 5.